The maximum absolute atomic E-state index is 10.5. The van der Waals surface area contributed by atoms with Crippen molar-refractivity contribution in [3.8, 4) is 0 Å². The predicted octanol–water partition coefficient (Wildman–Crippen LogP) is 2.54. The van der Waals surface area contributed by atoms with Gasteiger partial charge in [-0.15, -0.1) is 0 Å². The summed E-state index contributed by atoms with van der Waals surface area (Å²) in [6.45, 7) is -1.73. The number of carbonyl (C=O) groups is 1. The predicted molar refractivity (Wildman–Crippen MR) is 54.1 cm³/mol. The van der Waals surface area contributed by atoms with Gasteiger partial charge in [0.15, 0.2) is 0 Å². The zero-order valence-corrected chi connectivity index (χ0v) is 8.92. The fourth-order valence-electron chi connectivity index (χ4n) is 0.756. The fourth-order valence-corrected chi connectivity index (χ4v) is 0.911. The monoisotopic (exact) mass is 254 g/mol. The van der Waals surface area contributed by atoms with Gasteiger partial charge in [-0.1, -0.05) is 30.3 Å². The highest BCUT2D eigenvalue weighted by Gasteiger charge is 2.24. The number of halogens is 4. The molecule has 1 aromatic rings. The van der Waals surface area contributed by atoms with Gasteiger partial charge >= 0.3 is 6.18 Å². The molecule has 0 atom stereocenters. The Balaban J connectivity index is 0.000000325. The third kappa shape index (κ3) is 9.48. The highest BCUT2D eigenvalue weighted by atomic mass is 35.5. The van der Waals surface area contributed by atoms with Crippen molar-refractivity contribution in [1.29, 1.82) is 0 Å². The van der Waals surface area contributed by atoms with Crippen LogP contribution in [0.2, 0.25) is 0 Å². The number of aliphatic hydroxyl groups is 1. The molecule has 1 rings (SSSR count). The van der Waals surface area contributed by atoms with Crippen LogP contribution in [0.1, 0.15) is 5.56 Å². The number of hydrogen-bond acceptors (Lipinski definition) is 2. The van der Waals surface area contributed by atoms with E-state index in [1.165, 1.54) is 0 Å². The molecule has 0 radical (unpaired) electrons. The van der Waals surface area contributed by atoms with E-state index in [0.717, 1.165) is 5.56 Å². The van der Waals surface area contributed by atoms with E-state index in [2.05, 4.69) is 0 Å². The molecule has 1 N–H and O–H groups in total. The zero-order valence-electron chi connectivity index (χ0n) is 8.17. The standard InChI is InChI=1S/C8H7ClO.C2H3F3O/c9-8(10)6-7-4-2-1-3-5-7;3-2(4,5)1-6/h1-5H,6H2;6H,1H2. The molecule has 16 heavy (non-hydrogen) atoms. The van der Waals surface area contributed by atoms with Crippen LogP contribution in [0.25, 0.3) is 0 Å². The van der Waals surface area contributed by atoms with Crippen molar-refractivity contribution in [3.63, 3.8) is 0 Å². The normalized spacial score (nSPS) is 10.3. The van der Waals surface area contributed by atoms with Gasteiger partial charge in [0.1, 0.15) is 6.61 Å². The third-order valence-electron chi connectivity index (χ3n) is 1.37. The van der Waals surface area contributed by atoms with Gasteiger partial charge < -0.3 is 5.11 Å². The Hall–Kier alpha value is -1.07. The summed E-state index contributed by atoms with van der Waals surface area (Å²) in [5.41, 5.74) is 0.961. The molecule has 90 valence electrons. The number of aliphatic hydroxyl groups excluding tert-OH is 1. The van der Waals surface area contributed by atoms with E-state index in [-0.39, 0.29) is 5.24 Å². The fraction of sp³-hybridized carbons (Fsp3) is 0.300. The van der Waals surface area contributed by atoms with Gasteiger partial charge in [0.2, 0.25) is 5.24 Å². The van der Waals surface area contributed by atoms with E-state index in [1.54, 1.807) is 0 Å². The maximum atomic E-state index is 10.5. The molecule has 0 aliphatic carbocycles. The van der Waals surface area contributed by atoms with Crippen molar-refractivity contribution in [2.45, 2.75) is 12.6 Å². The van der Waals surface area contributed by atoms with Crippen molar-refractivity contribution in [2.75, 3.05) is 6.61 Å². The molecule has 0 saturated heterocycles. The van der Waals surface area contributed by atoms with Crippen molar-refractivity contribution in [1.82, 2.24) is 0 Å². The first-order chi connectivity index (χ1) is 7.35. The van der Waals surface area contributed by atoms with Gasteiger partial charge in [-0.25, -0.2) is 0 Å². The maximum Gasteiger partial charge on any atom is 0.411 e. The molecule has 1 aromatic carbocycles. The first kappa shape index (κ1) is 14.9. The molecule has 0 aliphatic rings. The van der Waals surface area contributed by atoms with E-state index >= 15 is 0 Å². The number of carbonyl (C=O) groups excluding carboxylic acids is 1. The van der Waals surface area contributed by atoms with Gasteiger partial charge in [-0.3, -0.25) is 4.79 Å². The van der Waals surface area contributed by atoms with Crippen LogP contribution in [-0.2, 0) is 11.2 Å². The van der Waals surface area contributed by atoms with Crippen LogP contribution < -0.4 is 0 Å². The van der Waals surface area contributed by atoms with E-state index in [4.69, 9.17) is 16.7 Å². The summed E-state index contributed by atoms with van der Waals surface area (Å²) in [6.07, 6.45) is -4.08. The number of hydrogen-bond donors (Lipinski definition) is 1. The Morgan fingerprint density at radius 3 is 2.00 bits per heavy atom. The SMILES string of the molecule is O=C(Cl)Cc1ccccc1.OCC(F)(F)F. The lowest BCUT2D eigenvalue weighted by molar-refractivity contribution is -0.159. The van der Waals surface area contributed by atoms with Crippen LogP contribution in [0.15, 0.2) is 30.3 Å². The molecule has 0 unspecified atom stereocenters. The van der Waals surface area contributed by atoms with E-state index in [9.17, 15) is 18.0 Å². The average Bonchev–Trinajstić information content (AvgIpc) is 2.18. The molecule has 0 spiro atoms. The van der Waals surface area contributed by atoms with Gasteiger partial charge in [-0.2, -0.15) is 13.2 Å². The van der Waals surface area contributed by atoms with Crippen molar-refractivity contribution >= 4 is 16.8 Å². The van der Waals surface area contributed by atoms with Crippen LogP contribution in [-0.4, -0.2) is 23.1 Å². The van der Waals surface area contributed by atoms with Crippen LogP contribution in [0, 0.1) is 0 Å². The summed E-state index contributed by atoms with van der Waals surface area (Å²) < 4.78 is 31.6. The molecule has 2 nitrogen and oxygen atoms in total. The van der Waals surface area contributed by atoms with Gasteiger partial charge in [-0.05, 0) is 17.2 Å². The first-order valence-corrected chi connectivity index (χ1v) is 4.63. The van der Waals surface area contributed by atoms with Crippen molar-refractivity contribution in [2.24, 2.45) is 0 Å². The number of benzene rings is 1. The summed E-state index contributed by atoms with van der Waals surface area (Å²) in [5.74, 6) is 0. The molecule has 0 amide bonds. The number of rotatable bonds is 2. The minimum Gasteiger partial charge on any atom is -0.387 e. The molecule has 0 aliphatic heterocycles. The van der Waals surface area contributed by atoms with Gasteiger partial charge in [0.05, 0.1) is 0 Å². The van der Waals surface area contributed by atoms with Gasteiger partial charge in [0, 0.05) is 6.42 Å². The third-order valence-corrected chi connectivity index (χ3v) is 1.50. The lowest BCUT2D eigenvalue weighted by Crippen LogP contribution is -2.12. The summed E-state index contributed by atoms with van der Waals surface area (Å²) in [5, 5.41) is 6.96. The zero-order chi connectivity index (χ0) is 12.6. The highest BCUT2D eigenvalue weighted by Crippen LogP contribution is 2.11. The largest absolute Gasteiger partial charge is 0.411 e. The van der Waals surface area contributed by atoms with Crippen molar-refractivity contribution in [3.05, 3.63) is 35.9 Å². The average molecular weight is 255 g/mol. The lowest BCUT2D eigenvalue weighted by atomic mass is 10.2. The Bertz CT molecular complexity index is 312. The Kier molecular flexibility index (Phi) is 6.76. The second-order valence-corrected chi connectivity index (χ2v) is 3.21. The molecular weight excluding hydrogens is 245 g/mol. The Morgan fingerprint density at radius 2 is 1.69 bits per heavy atom. The van der Waals surface area contributed by atoms with E-state index in [0.29, 0.717) is 6.42 Å². The van der Waals surface area contributed by atoms with E-state index < -0.39 is 12.8 Å². The van der Waals surface area contributed by atoms with E-state index in [1.807, 2.05) is 30.3 Å². The second kappa shape index (κ2) is 7.24. The van der Waals surface area contributed by atoms with Crippen LogP contribution in [0.4, 0.5) is 13.2 Å². The molecule has 0 fully saturated rings. The van der Waals surface area contributed by atoms with Crippen LogP contribution in [0.5, 0.6) is 0 Å². The molecular formula is C10H10ClF3O2. The molecule has 0 saturated carbocycles. The minimum absolute atomic E-state index is 0.314. The smallest absolute Gasteiger partial charge is 0.387 e. The second-order valence-electron chi connectivity index (χ2n) is 2.79. The quantitative estimate of drug-likeness (QED) is 0.824. The highest BCUT2D eigenvalue weighted by molar-refractivity contribution is 6.63. The first-order valence-electron chi connectivity index (χ1n) is 4.25. The van der Waals surface area contributed by atoms with Gasteiger partial charge in [0.25, 0.3) is 0 Å². The molecule has 0 aromatic heterocycles. The summed E-state index contributed by atoms with van der Waals surface area (Å²) in [4.78, 5) is 10.4. The van der Waals surface area contributed by atoms with Crippen LogP contribution in [0.3, 0.4) is 0 Å². The molecule has 6 heteroatoms. The number of alkyl halides is 3. The summed E-state index contributed by atoms with van der Waals surface area (Å²) in [6, 6.07) is 9.42. The molecule has 0 heterocycles. The minimum atomic E-state index is -4.40. The summed E-state index contributed by atoms with van der Waals surface area (Å²) >= 11 is 5.17. The van der Waals surface area contributed by atoms with Crippen molar-refractivity contribution < 1.29 is 23.1 Å². The molecule has 0 bridgehead atoms. The Labute approximate surface area is 95.7 Å². The Morgan fingerprint density at radius 1 is 1.25 bits per heavy atom. The summed E-state index contributed by atoms with van der Waals surface area (Å²) in [7, 11) is 0. The van der Waals surface area contributed by atoms with Crippen LogP contribution >= 0.6 is 11.6 Å². The topological polar surface area (TPSA) is 37.3 Å². The lowest BCUT2D eigenvalue weighted by Gasteiger charge is -1.95.